The summed E-state index contributed by atoms with van der Waals surface area (Å²) in [4.78, 5) is 4.37. The van der Waals surface area contributed by atoms with Crippen LogP contribution in [0, 0.1) is 0 Å². The van der Waals surface area contributed by atoms with Crippen LogP contribution in [0.15, 0.2) is 0 Å². The van der Waals surface area contributed by atoms with Crippen LogP contribution in [0.2, 0.25) is 0 Å². The highest BCUT2D eigenvalue weighted by molar-refractivity contribution is 4.98. The average molecular weight is 207 g/mol. The van der Waals surface area contributed by atoms with E-state index >= 15 is 0 Å². The van der Waals surface area contributed by atoms with E-state index in [0.717, 1.165) is 0 Å². The predicted molar refractivity (Wildman–Crippen MR) is 47.6 cm³/mol. The van der Waals surface area contributed by atoms with Gasteiger partial charge in [0.1, 0.15) is 11.8 Å². The molecule has 7 nitrogen and oxygen atoms in total. The van der Waals surface area contributed by atoms with Gasteiger partial charge in [0.2, 0.25) is 0 Å². The van der Waals surface area contributed by atoms with Gasteiger partial charge in [-0.25, -0.2) is 5.90 Å². The van der Waals surface area contributed by atoms with Gasteiger partial charge in [-0.3, -0.25) is 0 Å². The third-order valence-corrected chi connectivity index (χ3v) is 2.44. The quantitative estimate of drug-likeness (QED) is 0.311. The molecule has 3 unspecified atom stereocenters. The molecule has 0 bridgehead atoms. The lowest BCUT2D eigenvalue weighted by molar-refractivity contribution is -0.185. The summed E-state index contributed by atoms with van der Waals surface area (Å²) in [5, 5.41) is 18.9. The van der Waals surface area contributed by atoms with Crippen LogP contribution in [0.1, 0.15) is 6.42 Å². The third kappa shape index (κ3) is 2.20. The molecule has 0 amide bonds. The molecule has 0 aromatic carbocycles. The molecule has 1 heterocycles. The Morgan fingerprint density at radius 1 is 1.50 bits per heavy atom. The summed E-state index contributed by atoms with van der Waals surface area (Å²) < 4.78 is 5.14. The Morgan fingerprint density at radius 3 is 2.64 bits per heavy atom. The largest absolute Gasteiger partial charge is 0.394 e. The zero-order valence-electron chi connectivity index (χ0n) is 7.80. The molecular weight excluding hydrogens is 190 g/mol. The first kappa shape index (κ1) is 11.8. The summed E-state index contributed by atoms with van der Waals surface area (Å²) in [5.41, 5.74) is 9.83. The lowest BCUT2D eigenvalue weighted by Gasteiger charge is -2.43. The molecule has 7 heteroatoms. The first-order valence-corrected chi connectivity index (χ1v) is 4.35. The Hall–Kier alpha value is -0.280. The number of nitrogens with two attached hydrogens (primary N) is 3. The van der Waals surface area contributed by atoms with Crippen molar-refractivity contribution in [3.8, 4) is 0 Å². The second kappa shape index (κ2) is 4.49. The predicted octanol–water partition coefficient (Wildman–Crippen LogP) is -3.00. The molecule has 8 N–H and O–H groups in total. The van der Waals surface area contributed by atoms with Crippen LogP contribution in [0.4, 0.5) is 0 Å². The molecule has 0 aromatic heterocycles. The van der Waals surface area contributed by atoms with Crippen molar-refractivity contribution >= 4 is 0 Å². The highest BCUT2D eigenvalue weighted by Crippen LogP contribution is 2.26. The van der Waals surface area contributed by atoms with E-state index in [2.05, 4.69) is 4.84 Å². The first-order valence-electron chi connectivity index (χ1n) is 4.35. The van der Waals surface area contributed by atoms with Gasteiger partial charge in [0.05, 0.1) is 25.4 Å². The van der Waals surface area contributed by atoms with Crippen LogP contribution in [0.3, 0.4) is 0 Å². The summed E-state index contributed by atoms with van der Waals surface area (Å²) in [6.07, 6.45) is -1.22. The monoisotopic (exact) mass is 207 g/mol. The zero-order valence-corrected chi connectivity index (χ0v) is 7.80. The molecule has 84 valence electrons. The topological polar surface area (TPSA) is 137 Å². The minimum Gasteiger partial charge on any atom is -0.394 e. The van der Waals surface area contributed by atoms with Crippen molar-refractivity contribution in [2.45, 2.75) is 30.4 Å². The molecule has 1 fully saturated rings. The molecule has 1 saturated heterocycles. The first-order chi connectivity index (χ1) is 6.53. The van der Waals surface area contributed by atoms with Crippen molar-refractivity contribution in [2.75, 3.05) is 13.2 Å². The fourth-order valence-electron chi connectivity index (χ4n) is 1.60. The van der Waals surface area contributed by atoms with Gasteiger partial charge >= 0.3 is 0 Å². The van der Waals surface area contributed by atoms with Gasteiger partial charge in [0, 0.05) is 6.42 Å². The molecule has 4 atom stereocenters. The summed E-state index contributed by atoms with van der Waals surface area (Å²) in [7, 11) is 0. The molecule has 1 aliphatic rings. The van der Waals surface area contributed by atoms with E-state index in [0.29, 0.717) is 0 Å². The van der Waals surface area contributed by atoms with Crippen molar-refractivity contribution in [3.05, 3.63) is 0 Å². The van der Waals surface area contributed by atoms with Crippen LogP contribution in [-0.4, -0.2) is 47.4 Å². The fraction of sp³-hybridized carbons (Fsp3) is 1.00. The standard InChI is InChI=1S/C7H17N3O4/c8-5-6(9)14-4(2-11)1-7(5,12)3-13-10/h4-6,11-12H,1-3,8-10H2/t4?,5?,6-,7?/m1/s1. The van der Waals surface area contributed by atoms with E-state index in [9.17, 15) is 5.11 Å². The normalized spacial score (nSPS) is 43.9. The van der Waals surface area contributed by atoms with E-state index in [1.54, 1.807) is 0 Å². The molecule has 1 aliphatic heterocycles. The number of ether oxygens (including phenoxy) is 1. The Kier molecular flexibility index (Phi) is 3.78. The molecule has 0 spiro atoms. The second-order valence-corrected chi connectivity index (χ2v) is 3.55. The van der Waals surface area contributed by atoms with Crippen LogP contribution < -0.4 is 17.4 Å². The average Bonchev–Trinajstić information content (AvgIpc) is 2.14. The van der Waals surface area contributed by atoms with Crippen LogP contribution in [0.5, 0.6) is 0 Å². The maximum atomic E-state index is 10.0. The SMILES string of the molecule is NOCC1(O)CC(CO)O[C@@H](N)C1N. The van der Waals surface area contributed by atoms with Crippen LogP contribution in [0.25, 0.3) is 0 Å². The summed E-state index contributed by atoms with van der Waals surface area (Å²) in [6, 6.07) is -0.783. The van der Waals surface area contributed by atoms with E-state index in [4.69, 9.17) is 27.2 Å². The third-order valence-electron chi connectivity index (χ3n) is 2.44. The van der Waals surface area contributed by atoms with E-state index in [1.165, 1.54) is 0 Å². The highest BCUT2D eigenvalue weighted by atomic mass is 16.6. The molecular formula is C7H17N3O4. The van der Waals surface area contributed by atoms with Gasteiger partial charge in [-0.2, -0.15) is 0 Å². The minimum atomic E-state index is -1.35. The summed E-state index contributed by atoms with van der Waals surface area (Å²) in [6.45, 7) is -0.366. The van der Waals surface area contributed by atoms with Crippen LogP contribution in [-0.2, 0) is 9.57 Å². The Bertz CT molecular complexity index is 194. The van der Waals surface area contributed by atoms with Gasteiger partial charge < -0.3 is 31.3 Å². The van der Waals surface area contributed by atoms with Gasteiger partial charge in [0.15, 0.2) is 0 Å². The number of aliphatic hydroxyl groups excluding tert-OH is 1. The lowest BCUT2D eigenvalue weighted by atomic mass is 9.86. The number of rotatable bonds is 3. The van der Waals surface area contributed by atoms with Crippen molar-refractivity contribution in [1.82, 2.24) is 0 Å². The zero-order chi connectivity index (χ0) is 10.8. The fourth-order valence-corrected chi connectivity index (χ4v) is 1.60. The molecule has 0 aliphatic carbocycles. The van der Waals surface area contributed by atoms with E-state index in [1.807, 2.05) is 0 Å². The Balaban J connectivity index is 2.70. The molecule has 14 heavy (non-hydrogen) atoms. The lowest BCUT2D eigenvalue weighted by Crippen LogP contribution is -2.66. The van der Waals surface area contributed by atoms with E-state index in [-0.39, 0.29) is 19.6 Å². The van der Waals surface area contributed by atoms with Crippen molar-refractivity contribution < 1.29 is 19.8 Å². The molecule has 0 saturated carbocycles. The van der Waals surface area contributed by atoms with Crippen LogP contribution >= 0.6 is 0 Å². The van der Waals surface area contributed by atoms with Crippen molar-refractivity contribution in [1.29, 1.82) is 0 Å². The molecule has 1 rings (SSSR count). The maximum Gasteiger partial charge on any atom is 0.124 e. The number of hydrogen-bond donors (Lipinski definition) is 5. The Morgan fingerprint density at radius 2 is 2.14 bits per heavy atom. The smallest absolute Gasteiger partial charge is 0.124 e. The number of hydrogen-bond acceptors (Lipinski definition) is 7. The van der Waals surface area contributed by atoms with Gasteiger partial charge in [0.25, 0.3) is 0 Å². The van der Waals surface area contributed by atoms with Gasteiger partial charge in [-0.1, -0.05) is 0 Å². The van der Waals surface area contributed by atoms with Crippen molar-refractivity contribution in [2.24, 2.45) is 17.4 Å². The van der Waals surface area contributed by atoms with Gasteiger partial charge in [-0.15, -0.1) is 0 Å². The summed E-state index contributed by atoms with van der Waals surface area (Å²) in [5.74, 6) is 4.88. The maximum absolute atomic E-state index is 10.0. The van der Waals surface area contributed by atoms with Crippen molar-refractivity contribution in [3.63, 3.8) is 0 Å². The Labute approximate surface area is 81.7 Å². The highest BCUT2D eigenvalue weighted by Gasteiger charge is 2.45. The molecule has 0 radical (unpaired) electrons. The second-order valence-electron chi connectivity index (χ2n) is 3.55. The van der Waals surface area contributed by atoms with E-state index < -0.39 is 24.0 Å². The molecule has 0 aromatic rings. The number of aliphatic hydroxyl groups is 2. The summed E-state index contributed by atoms with van der Waals surface area (Å²) >= 11 is 0. The van der Waals surface area contributed by atoms with Gasteiger partial charge in [-0.05, 0) is 0 Å². The minimum absolute atomic E-state index is 0.137.